The van der Waals surface area contributed by atoms with Gasteiger partial charge in [0.1, 0.15) is 5.69 Å². The maximum absolute atomic E-state index is 11.9. The predicted octanol–water partition coefficient (Wildman–Crippen LogP) is 0.975. The molecule has 1 aliphatic rings. The Balaban J connectivity index is 0.00000162. The number of nitrogens with zero attached hydrogens (tertiary/aromatic N) is 1. The first-order valence-corrected chi connectivity index (χ1v) is 6.70. The first-order valence-electron chi connectivity index (χ1n) is 5.82. The van der Waals surface area contributed by atoms with Crippen molar-refractivity contribution in [2.45, 2.75) is 25.3 Å². The maximum Gasteiger partial charge on any atom is 0.270 e. The van der Waals surface area contributed by atoms with Crippen molar-refractivity contribution in [3.05, 3.63) is 16.1 Å². The van der Waals surface area contributed by atoms with Crippen molar-refractivity contribution in [3.8, 4) is 0 Å². The van der Waals surface area contributed by atoms with Crippen molar-refractivity contribution in [2.24, 2.45) is 5.73 Å². The molecule has 18 heavy (non-hydrogen) atoms. The van der Waals surface area contributed by atoms with Gasteiger partial charge >= 0.3 is 0 Å². The summed E-state index contributed by atoms with van der Waals surface area (Å²) in [6.45, 7) is 2.01. The predicted molar refractivity (Wildman–Crippen MR) is 73.4 cm³/mol. The largest absolute Gasteiger partial charge is 0.381 e. The van der Waals surface area contributed by atoms with Crippen LogP contribution in [0.25, 0.3) is 0 Å². The highest BCUT2D eigenvalue weighted by atomic mass is 35.5. The minimum atomic E-state index is -0.0866. The molecule has 0 aliphatic carbocycles. The van der Waals surface area contributed by atoms with Gasteiger partial charge in [-0.05, 0) is 19.4 Å². The van der Waals surface area contributed by atoms with E-state index in [4.69, 9.17) is 10.5 Å². The van der Waals surface area contributed by atoms with Gasteiger partial charge in [0.05, 0.1) is 5.01 Å². The molecule has 1 fully saturated rings. The monoisotopic (exact) mass is 291 g/mol. The van der Waals surface area contributed by atoms with Crippen LogP contribution in [0, 0.1) is 0 Å². The summed E-state index contributed by atoms with van der Waals surface area (Å²) in [7, 11) is 0. The molecule has 102 valence electrons. The highest BCUT2D eigenvalue weighted by Crippen LogP contribution is 2.12. The SMILES string of the molecule is Cl.NCCc1nc(C(=O)NC2CCOCC2)cs1. The van der Waals surface area contributed by atoms with E-state index in [1.54, 1.807) is 5.38 Å². The highest BCUT2D eigenvalue weighted by molar-refractivity contribution is 7.09. The van der Waals surface area contributed by atoms with Gasteiger partial charge in [-0.1, -0.05) is 0 Å². The fourth-order valence-corrected chi connectivity index (χ4v) is 2.55. The number of nitrogens with two attached hydrogens (primary N) is 1. The summed E-state index contributed by atoms with van der Waals surface area (Å²) in [4.78, 5) is 16.2. The summed E-state index contributed by atoms with van der Waals surface area (Å²) < 4.78 is 5.24. The van der Waals surface area contributed by atoms with Crippen molar-refractivity contribution in [1.29, 1.82) is 0 Å². The number of carbonyl (C=O) groups is 1. The third kappa shape index (κ3) is 4.20. The van der Waals surface area contributed by atoms with E-state index in [1.807, 2.05) is 0 Å². The zero-order valence-electron chi connectivity index (χ0n) is 10.1. The molecule has 1 saturated heterocycles. The number of amides is 1. The number of ether oxygens (including phenoxy) is 1. The summed E-state index contributed by atoms with van der Waals surface area (Å²) in [5.41, 5.74) is 5.95. The number of aromatic nitrogens is 1. The second-order valence-electron chi connectivity index (χ2n) is 4.03. The Labute approximate surface area is 117 Å². The van der Waals surface area contributed by atoms with Crippen LogP contribution in [0.1, 0.15) is 28.3 Å². The molecule has 1 aromatic rings. The summed E-state index contributed by atoms with van der Waals surface area (Å²) >= 11 is 1.49. The van der Waals surface area contributed by atoms with E-state index in [-0.39, 0.29) is 24.4 Å². The van der Waals surface area contributed by atoms with Crippen LogP contribution in [0.2, 0.25) is 0 Å². The van der Waals surface area contributed by atoms with Gasteiger partial charge in [0.15, 0.2) is 0 Å². The minimum Gasteiger partial charge on any atom is -0.381 e. The van der Waals surface area contributed by atoms with Crippen molar-refractivity contribution in [1.82, 2.24) is 10.3 Å². The van der Waals surface area contributed by atoms with Crippen LogP contribution < -0.4 is 11.1 Å². The van der Waals surface area contributed by atoms with Crippen molar-refractivity contribution in [3.63, 3.8) is 0 Å². The molecule has 5 nitrogen and oxygen atoms in total. The van der Waals surface area contributed by atoms with Crippen LogP contribution in [0.4, 0.5) is 0 Å². The van der Waals surface area contributed by atoms with Gasteiger partial charge in [0.2, 0.25) is 0 Å². The van der Waals surface area contributed by atoms with Gasteiger partial charge in [-0.25, -0.2) is 4.98 Å². The summed E-state index contributed by atoms with van der Waals surface area (Å²) in [5.74, 6) is -0.0866. The van der Waals surface area contributed by atoms with Gasteiger partial charge in [-0.15, -0.1) is 23.7 Å². The topological polar surface area (TPSA) is 77.2 Å². The Morgan fingerprint density at radius 3 is 2.94 bits per heavy atom. The molecule has 0 spiro atoms. The van der Waals surface area contributed by atoms with Crippen LogP contribution in [-0.4, -0.2) is 36.7 Å². The molecule has 1 aliphatic heterocycles. The molecular formula is C11H18ClN3O2S. The van der Waals surface area contributed by atoms with Crippen LogP contribution in [0.5, 0.6) is 0 Å². The van der Waals surface area contributed by atoms with Gasteiger partial charge in [0, 0.05) is 31.1 Å². The van der Waals surface area contributed by atoms with Crippen LogP contribution in [0.15, 0.2) is 5.38 Å². The van der Waals surface area contributed by atoms with Gasteiger partial charge < -0.3 is 15.8 Å². The standard InChI is InChI=1S/C11H17N3O2S.ClH/c12-4-1-10-14-9(7-17-10)11(15)13-8-2-5-16-6-3-8;/h7-8H,1-6,12H2,(H,13,15);1H. The Morgan fingerprint density at radius 1 is 1.56 bits per heavy atom. The summed E-state index contributed by atoms with van der Waals surface area (Å²) in [6.07, 6.45) is 2.49. The maximum atomic E-state index is 11.9. The van der Waals surface area contributed by atoms with Crippen LogP contribution >= 0.6 is 23.7 Å². The molecule has 3 N–H and O–H groups in total. The zero-order chi connectivity index (χ0) is 12.1. The fourth-order valence-electron chi connectivity index (χ4n) is 1.75. The number of halogens is 1. The Hall–Kier alpha value is -0.690. The third-order valence-corrected chi connectivity index (χ3v) is 3.61. The number of hydrogen-bond acceptors (Lipinski definition) is 5. The van der Waals surface area contributed by atoms with Crippen molar-refractivity contribution >= 4 is 29.7 Å². The molecule has 0 atom stereocenters. The van der Waals surface area contributed by atoms with E-state index in [0.717, 1.165) is 37.5 Å². The Kier molecular flexibility index (Phi) is 6.56. The molecule has 0 radical (unpaired) electrons. The fraction of sp³-hybridized carbons (Fsp3) is 0.636. The Morgan fingerprint density at radius 2 is 2.28 bits per heavy atom. The lowest BCUT2D eigenvalue weighted by Gasteiger charge is -2.22. The first-order chi connectivity index (χ1) is 8.29. The second-order valence-corrected chi connectivity index (χ2v) is 4.97. The molecule has 0 unspecified atom stereocenters. The lowest BCUT2D eigenvalue weighted by Crippen LogP contribution is -2.39. The number of rotatable bonds is 4. The smallest absolute Gasteiger partial charge is 0.270 e. The number of carbonyl (C=O) groups excluding carboxylic acids is 1. The van der Waals surface area contributed by atoms with Crippen molar-refractivity contribution < 1.29 is 9.53 Å². The van der Waals surface area contributed by atoms with E-state index in [9.17, 15) is 4.79 Å². The molecular weight excluding hydrogens is 274 g/mol. The van der Waals surface area contributed by atoms with Gasteiger partial charge in [-0.2, -0.15) is 0 Å². The van der Waals surface area contributed by atoms with E-state index >= 15 is 0 Å². The molecule has 1 aromatic heterocycles. The zero-order valence-corrected chi connectivity index (χ0v) is 11.7. The molecule has 7 heteroatoms. The Bertz CT molecular complexity index is 380. The van der Waals surface area contributed by atoms with Gasteiger partial charge in [-0.3, -0.25) is 4.79 Å². The van der Waals surface area contributed by atoms with Gasteiger partial charge in [0.25, 0.3) is 5.91 Å². The van der Waals surface area contributed by atoms with E-state index < -0.39 is 0 Å². The number of nitrogens with one attached hydrogen (secondary N) is 1. The minimum absolute atomic E-state index is 0. The molecule has 0 aromatic carbocycles. The van der Waals surface area contributed by atoms with E-state index in [1.165, 1.54) is 11.3 Å². The van der Waals surface area contributed by atoms with Crippen LogP contribution in [-0.2, 0) is 11.2 Å². The molecule has 1 amide bonds. The third-order valence-electron chi connectivity index (χ3n) is 2.70. The van der Waals surface area contributed by atoms with Crippen molar-refractivity contribution in [2.75, 3.05) is 19.8 Å². The average Bonchev–Trinajstić information content (AvgIpc) is 2.79. The van der Waals surface area contributed by atoms with E-state index in [2.05, 4.69) is 10.3 Å². The normalized spacial score (nSPS) is 16.1. The molecule has 0 bridgehead atoms. The molecule has 2 rings (SSSR count). The lowest BCUT2D eigenvalue weighted by molar-refractivity contribution is 0.0694. The highest BCUT2D eigenvalue weighted by Gasteiger charge is 2.18. The summed E-state index contributed by atoms with van der Waals surface area (Å²) in [5, 5.41) is 5.70. The van der Waals surface area contributed by atoms with E-state index in [0.29, 0.717) is 12.2 Å². The molecule has 0 saturated carbocycles. The quantitative estimate of drug-likeness (QED) is 0.867. The first kappa shape index (κ1) is 15.4. The number of thiazole rings is 1. The second kappa shape index (κ2) is 7.68. The van der Waals surface area contributed by atoms with Crippen LogP contribution in [0.3, 0.4) is 0 Å². The number of hydrogen-bond donors (Lipinski definition) is 2. The molecule has 2 heterocycles. The average molecular weight is 292 g/mol. The summed E-state index contributed by atoms with van der Waals surface area (Å²) in [6, 6.07) is 0.218. The lowest BCUT2D eigenvalue weighted by atomic mass is 10.1.